The van der Waals surface area contributed by atoms with Crippen LogP contribution in [0.25, 0.3) is 0 Å². The molecule has 34 heavy (non-hydrogen) atoms. The summed E-state index contributed by atoms with van der Waals surface area (Å²) < 4.78 is 0. The Bertz CT molecular complexity index is 1070. The summed E-state index contributed by atoms with van der Waals surface area (Å²) in [5.74, 6) is 0.0502. The van der Waals surface area contributed by atoms with Crippen molar-refractivity contribution in [1.82, 2.24) is 15.1 Å². The number of amides is 1. The molecule has 0 unspecified atom stereocenters. The van der Waals surface area contributed by atoms with Crippen LogP contribution >= 0.6 is 11.3 Å². The number of hydrogen-bond donors (Lipinski definition) is 1. The van der Waals surface area contributed by atoms with Crippen LogP contribution in [0.3, 0.4) is 0 Å². The van der Waals surface area contributed by atoms with E-state index < -0.39 is 0 Å². The summed E-state index contributed by atoms with van der Waals surface area (Å²) in [5.41, 5.74) is 4.07. The lowest BCUT2D eigenvalue weighted by molar-refractivity contribution is 0.0951. The standard InChI is InChI=1S/C28H34N4OS/c33-28(26-13-14-27(34-26)32-17-6-11-24-10-4-5-12-25(24)32)29-15-7-16-30-18-20-31(21-19-30)22-23-8-2-1-3-9-23/h1-5,8-10,12-14H,6-7,11,15-22H2,(H,29,33). The first-order chi connectivity index (χ1) is 16.8. The maximum absolute atomic E-state index is 12.7. The van der Waals surface area contributed by atoms with E-state index in [1.807, 2.05) is 6.07 Å². The number of thiophene rings is 1. The molecule has 178 valence electrons. The molecule has 1 fully saturated rings. The number of benzene rings is 2. The molecule has 3 heterocycles. The van der Waals surface area contributed by atoms with E-state index in [0.717, 1.165) is 81.5 Å². The van der Waals surface area contributed by atoms with Crippen LogP contribution in [0, 0.1) is 0 Å². The van der Waals surface area contributed by atoms with Crippen LogP contribution in [-0.4, -0.2) is 61.5 Å². The Labute approximate surface area is 207 Å². The zero-order valence-corrected chi connectivity index (χ0v) is 20.6. The fraction of sp³-hybridized carbons (Fsp3) is 0.393. The molecule has 6 heteroatoms. The molecule has 1 amide bonds. The molecule has 0 radical (unpaired) electrons. The van der Waals surface area contributed by atoms with E-state index in [2.05, 4.69) is 80.7 Å². The molecular formula is C28H34N4OS. The molecule has 0 bridgehead atoms. The third kappa shape index (κ3) is 5.69. The van der Waals surface area contributed by atoms with Crippen LogP contribution in [0.5, 0.6) is 0 Å². The molecule has 1 N–H and O–H groups in total. The van der Waals surface area contributed by atoms with Gasteiger partial charge in [0.1, 0.15) is 0 Å². The molecule has 2 aliphatic heterocycles. The monoisotopic (exact) mass is 474 g/mol. The van der Waals surface area contributed by atoms with Gasteiger partial charge in [-0.05, 0) is 55.1 Å². The third-order valence-corrected chi connectivity index (χ3v) is 7.95. The highest BCUT2D eigenvalue weighted by molar-refractivity contribution is 7.18. The summed E-state index contributed by atoms with van der Waals surface area (Å²) in [6.45, 7) is 8.24. The molecule has 1 aromatic heterocycles. The summed E-state index contributed by atoms with van der Waals surface area (Å²) in [5, 5.41) is 4.29. The van der Waals surface area contributed by atoms with E-state index in [1.54, 1.807) is 11.3 Å². The van der Waals surface area contributed by atoms with E-state index in [-0.39, 0.29) is 5.91 Å². The van der Waals surface area contributed by atoms with Crippen molar-refractivity contribution in [2.24, 2.45) is 0 Å². The smallest absolute Gasteiger partial charge is 0.261 e. The van der Waals surface area contributed by atoms with Gasteiger partial charge in [-0.2, -0.15) is 0 Å². The van der Waals surface area contributed by atoms with Crippen molar-refractivity contribution < 1.29 is 4.79 Å². The van der Waals surface area contributed by atoms with Crippen LogP contribution in [0.2, 0.25) is 0 Å². The summed E-state index contributed by atoms with van der Waals surface area (Å²) in [7, 11) is 0. The largest absolute Gasteiger partial charge is 0.351 e. The number of piperazine rings is 1. The Balaban J connectivity index is 1.03. The SMILES string of the molecule is O=C(NCCCN1CCN(Cc2ccccc2)CC1)c1ccc(N2CCCc3ccccc32)s1. The van der Waals surface area contributed by atoms with Gasteiger partial charge in [0, 0.05) is 51.5 Å². The second-order valence-electron chi connectivity index (χ2n) is 9.23. The highest BCUT2D eigenvalue weighted by Gasteiger charge is 2.21. The number of fused-ring (bicyclic) bond motifs is 1. The topological polar surface area (TPSA) is 38.8 Å². The molecule has 0 aliphatic carbocycles. The quantitative estimate of drug-likeness (QED) is 0.478. The number of carbonyl (C=O) groups is 1. The number of hydrogen-bond acceptors (Lipinski definition) is 5. The van der Waals surface area contributed by atoms with Crippen molar-refractivity contribution in [2.45, 2.75) is 25.8 Å². The van der Waals surface area contributed by atoms with E-state index in [0.29, 0.717) is 0 Å². The Morgan fingerprint density at radius 3 is 2.47 bits per heavy atom. The Hall–Kier alpha value is -2.67. The van der Waals surface area contributed by atoms with Crippen LogP contribution in [0.4, 0.5) is 10.7 Å². The minimum Gasteiger partial charge on any atom is -0.351 e. The maximum Gasteiger partial charge on any atom is 0.261 e. The summed E-state index contributed by atoms with van der Waals surface area (Å²) in [4.78, 5) is 20.9. The predicted octanol–water partition coefficient (Wildman–Crippen LogP) is 4.77. The van der Waals surface area contributed by atoms with Gasteiger partial charge in [-0.15, -0.1) is 11.3 Å². The van der Waals surface area contributed by atoms with Crippen LogP contribution in [-0.2, 0) is 13.0 Å². The van der Waals surface area contributed by atoms with Gasteiger partial charge in [0.2, 0.25) is 0 Å². The number of nitrogens with one attached hydrogen (secondary N) is 1. The Morgan fingerprint density at radius 1 is 0.853 bits per heavy atom. The minimum absolute atomic E-state index is 0.0502. The van der Waals surface area contributed by atoms with Crippen molar-refractivity contribution in [3.8, 4) is 0 Å². The molecule has 5 nitrogen and oxygen atoms in total. The fourth-order valence-electron chi connectivity index (χ4n) is 4.96. The van der Waals surface area contributed by atoms with Crippen LogP contribution < -0.4 is 10.2 Å². The predicted molar refractivity (Wildman–Crippen MR) is 141 cm³/mol. The Morgan fingerprint density at radius 2 is 1.62 bits per heavy atom. The molecule has 2 aliphatic rings. The maximum atomic E-state index is 12.7. The fourth-order valence-corrected chi connectivity index (χ4v) is 5.92. The average Bonchev–Trinajstić information content (AvgIpc) is 3.38. The number of aryl methyl sites for hydroxylation is 1. The van der Waals surface area contributed by atoms with Crippen molar-refractivity contribution in [1.29, 1.82) is 0 Å². The molecular weight excluding hydrogens is 440 g/mol. The van der Waals surface area contributed by atoms with E-state index in [1.165, 1.54) is 16.8 Å². The van der Waals surface area contributed by atoms with E-state index in [4.69, 9.17) is 0 Å². The molecule has 0 spiro atoms. The van der Waals surface area contributed by atoms with Gasteiger partial charge >= 0.3 is 0 Å². The van der Waals surface area contributed by atoms with Gasteiger partial charge in [0.15, 0.2) is 0 Å². The first-order valence-electron chi connectivity index (χ1n) is 12.5. The van der Waals surface area contributed by atoms with Crippen molar-refractivity contribution in [3.05, 3.63) is 82.7 Å². The first-order valence-corrected chi connectivity index (χ1v) is 13.3. The lowest BCUT2D eigenvalue weighted by Gasteiger charge is -2.34. The zero-order valence-electron chi connectivity index (χ0n) is 19.8. The highest BCUT2D eigenvalue weighted by Crippen LogP contribution is 2.37. The first kappa shape index (κ1) is 23.1. The van der Waals surface area contributed by atoms with Gasteiger partial charge in [-0.3, -0.25) is 9.69 Å². The summed E-state index contributed by atoms with van der Waals surface area (Å²) in [6.07, 6.45) is 3.27. The Kier molecular flexibility index (Phi) is 7.59. The van der Waals surface area contributed by atoms with Gasteiger partial charge in [-0.25, -0.2) is 0 Å². The van der Waals surface area contributed by atoms with Crippen LogP contribution in [0.1, 0.15) is 33.6 Å². The van der Waals surface area contributed by atoms with Gasteiger partial charge in [0.25, 0.3) is 5.91 Å². The number of carbonyl (C=O) groups excluding carboxylic acids is 1. The second-order valence-corrected chi connectivity index (χ2v) is 10.3. The number of rotatable bonds is 8. The van der Waals surface area contributed by atoms with Gasteiger partial charge in [0.05, 0.1) is 9.88 Å². The molecule has 0 saturated carbocycles. The van der Waals surface area contributed by atoms with Crippen LogP contribution in [0.15, 0.2) is 66.7 Å². The summed E-state index contributed by atoms with van der Waals surface area (Å²) >= 11 is 1.60. The van der Waals surface area contributed by atoms with Crippen molar-refractivity contribution in [3.63, 3.8) is 0 Å². The lowest BCUT2D eigenvalue weighted by Crippen LogP contribution is -2.46. The van der Waals surface area contributed by atoms with Gasteiger partial charge < -0.3 is 15.1 Å². The van der Waals surface area contributed by atoms with Crippen molar-refractivity contribution in [2.75, 3.05) is 50.7 Å². The second kappa shape index (κ2) is 11.2. The third-order valence-electron chi connectivity index (χ3n) is 6.84. The van der Waals surface area contributed by atoms with E-state index in [9.17, 15) is 4.79 Å². The minimum atomic E-state index is 0.0502. The molecule has 1 saturated heterocycles. The lowest BCUT2D eigenvalue weighted by atomic mass is 10.0. The average molecular weight is 475 g/mol. The number of para-hydroxylation sites is 1. The normalized spacial score (nSPS) is 16.9. The highest BCUT2D eigenvalue weighted by atomic mass is 32.1. The molecule has 5 rings (SSSR count). The number of nitrogens with zero attached hydrogens (tertiary/aromatic N) is 3. The molecule has 2 aromatic carbocycles. The molecule has 0 atom stereocenters. The molecule has 3 aromatic rings. The van der Waals surface area contributed by atoms with Gasteiger partial charge in [-0.1, -0.05) is 48.5 Å². The number of anilines is 2. The van der Waals surface area contributed by atoms with Crippen molar-refractivity contribution >= 4 is 27.9 Å². The van der Waals surface area contributed by atoms with E-state index >= 15 is 0 Å². The summed E-state index contributed by atoms with van der Waals surface area (Å²) in [6, 6.07) is 23.4. The zero-order chi connectivity index (χ0) is 23.2.